The standard InChI is InChI=1S/C15H22N2O4/c1-19-12-7-10(8-13(20-2)14(12)21-3)15(18)17-11-5-4-6-16-9-11/h7-8,11,16H,4-6,9H2,1-3H3,(H,17,18)/p+1/t11-/m1/s1. The lowest BCUT2D eigenvalue weighted by molar-refractivity contribution is -0.664. The van der Waals surface area contributed by atoms with Crippen molar-refractivity contribution in [3.63, 3.8) is 0 Å². The topological polar surface area (TPSA) is 73.4 Å². The largest absolute Gasteiger partial charge is 0.493 e. The normalized spacial score (nSPS) is 18.0. The molecule has 0 aliphatic carbocycles. The minimum Gasteiger partial charge on any atom is -0.493 e. The molecule has 2 rings (SSSR count). The van der Waals surface area contributed by atoms with Crippen molar-refractivity contribution >= 4 is 5.91 Å². The molecule has 6 nitrogen and oxygen atoms in total. The molecule has 0 radical (unpaired) electrons. The van der Waals surface area contributed by atoms with Crippen molar-refractivity contribution in [3.8, 4) is 17.2 Å². The molecule has 0 saturated carbocycles. The summed E-state index contributed by atoms with van der Waals surface area (Å²) in [5, 5.41) is 5.28. The molecule has 1 aliphatic heterocycles. The molecule has 0 spiro atoms. The Hall–Kier alpha value is -1.95. The number of hydrogen-bond acceptors (Lipinski definition) is 4. The van der Waals surface area contributed by atoms with Crippen LogP contribution in [0, 0.1) is 0 Å². The smallest absolute Gasteiger partial charge is 0.251 e. The average Bonchev–Trinajstić information content (AvgIpc) is 2.54. The molecular weight excluding hydrogens is 272 g/mol. The molecule has 0 unspecified atom stereocenters. The van der Waals surface area contributed by atoms with E-state index in [1.807, 2.05) is 0 Å². The third-order valence-electron chi connectivity index (χ3n) is 3.67. The highest BCUT2D eigenvalue weighted by atomic mass is 16.5. The Bertz CT molecular complexity index is 473. The Labute approximate surface area is 124 Å². The zero-order valence-corrected chi connectivity index (χ0v) is 12.8. The van der Waals surface area contributed by atoms with Gasteiger partial charge in [-0.3, -0.25) is 4.79 Å². The van der Waals surface area contributed by atoms with E-state index >= 15 is 0 Å². The van der Waals surface area contributed by atoms with Crippen LogP contribution in [0.4, 0.5) is 0 Å². The first kappa shape index (κ1) is 15.4. The molecule has 116 valence electrons. The van der Waals surface area contributed by atoms with E-state index in [1.165, 1.54) is 21.3 Å². The zero-order chi connectivity index (χ0) is 15.2. The summed E-state index contributed by atoms with van der Waals surface area (Å²) in [6.45, 7) is 2.06. The van der Waals surface area contributed by atoms with Crippen LogP contribution in [0.3, 0.4) is 0 Å². The fraction of sp³-hybridized carbons (Fsp3) is 0.533. The molecule has 0 bridgehead atoms. The van der Waals surface area contributed by atoms with Gasteiger partial charge in [0.1, 0.15) is 0 Å². The highest BCUT2D eigenvalue weighted by Gasteiger charge is 2.21. The molecule has 21 heavy (non-hydrogen) atoms. The quantitative estimate of drug-likeness (QED) is 0.812. The Morgan fingerprint density at radius 2 is 1.86 bits per heavy atom. The first-order valence-corrected chi connectivity index (χ1v) is 7.12. The average molecular weight is 295 g/mol. The van der Waals surface area contributed by atoms with E-state index in [1.54, 1.807) is 12.1 Å². The monoisotopic (exact) mass is 295 g/mol. The fourth-order valence-electron chi connectivity index (χ4n) is 2.56. The van der Waals surface area contributed by atoms with Gasteiger partial charge in [0.15, 0.2) is 11.5 Å². The third-order valence-corrected chi connectivity index (χ3v) is 3.67. The van der Waals surface area contributed by atoms with Crippen LogP contribution >= 0.6 is 0 Å². The highest BCUT2D eigenvalue weighted by molar-refractivity contribution is 5.95. The first-order chi connectivity index (χ1) is 10.2. The van der Waals surface area contributed by atoms with Crippen molar-refractivity contribution in [2.24, 2.45) is 0 Å². The number of methoxy groups -OCH3 is 3. The molecule has 1 fully saturated rings. The van der Waals surface area contributed by atoms with E-state index < -0.39 is 0 Å². The molecule has 1 atom stereocenters. The number of amides is 1. The van der Waals surface area contributed by atoms with Crippen LogP contribution in [0.25, 0.3) is 0 Å². The van der Waals surface area contributed by atoms with Gasteiger partial charge in [-0.15, -0.1) is 0 Å². The van der Waals surface area contributed by atoms with Crippen molar-refractivity contribution in [1.82, 2.24) is 5.32 Å². The number of carbonyl (C=O) groups excluding carboxylic acids is 1. The van der Waals surface area contributed by atoms with Gasteiger partial charge >= 0.3 is 0 Å². The first-order valence-electron chi connectivity index (χ1n) is 7.12. The predicted octanol–water partition coefficient (Wildman–Crippen LogP) is 0.168. The second kappa shape index (κ2) is 7.17. The number of quaternary nitrogens is 1. The van der Waals surface area contributed by atoms with E-state index in [0.29, 0.717) is 22.8 Å². The Morgan fingerprint density at radius 1 is 1.19 bits per heavy atom. The van der Waals surface area contributed by atoms with Gasteiger partial charge in [0, 0.05) is 5.56 Å². The number of nitrogens with one attached hydrogen (secondary N) is 1. The molecular formula is C15H23N2O4+. The van der Waals surface area contributed by atoms with Gasteiger partial charge in [0.2, 0.25) is 5.75 Å². The van der Waals surface area contributed by atoms with Crippen molar-refractivity contribution < 1.29 is 24.3 Å². The van der Waals surface area contributed by atoms with Gasteiger partial charge in [-0.25, -0.2) is 0 Å². The predicted molar refractivity (Wildman–Crippen MR) is 78.2 cm³/mol. The van der Waals surface area contributed by atoms with E-state index in [4.69, 9.17) is 14.2 Å². The van der Waals surface area contributed by atoms with Crippen molar-refractivity contribution in [3.05, 3.63) is 17.7 Å². The van der Waals surface area contributed by atoms with E-state index in [2.05, 4.69) is 10.6 Å². The number of nitrogens with two attached hydrogens (primary N) is 1. The van der Waals surface area contributed by atoms with Crippen LogP contribution < -0.4 is 24.8 Å². The summed E-state index contributed by atoms with van der Waals surface area (Å²) in [5.74, 6) is 1.34. The third kappa shape index (κ3) is 3.58. The second-order valence-corrected chi connectivity index (χ2v) is 5.04. The summed E-state index contributed by atoms with van der Waals surface area (Å²) in [7, 11) is 4.61. The van der Waals surface area contributed by atoms with Crippen LogP contribution in [0.2, 0.25) is 0 Å². The summed E-state index contributed by atoms with van der Waals surface area (Å²) >= 11 is 0. The second-order valence-electron chi connectivity index (χ2n) is 5.04. The van der Waals surface area contributed by atoms with E-state index in [9.17, 15) is 4.79 Å². The molecule has 1 aromatic rings. The van der Waals surface area contributed by atoms with Crippen LogP contribution in [-0.2, 0) is 0 Å². The van der Waals surface area contributed by atoms with Crippen molar-refractivity contribution in [2.45, 2.75) is 18.9 Å². The van der Waals surface area contributed by atoms with Crippen LogP contribution in [0.15, 0.2) is 12.1 Å². The maximum Gasteiger partial charge on any atom is 0.251 e. The fourth-order valence-corrected chi connectivity index (χ4v) is 2.56. The Balaban J connectivity index is 2.19. The maximum absolute atomic E-state index is 12.4. The lowest BCUT2D eigenvalue weighted by Gasteiger charge is -2.21. The van der Waals surface area contributed by atoms with Gasteiger partial charge in [-0.05, 0) is 25.0 Å². The van der Waals surface area contributed by atoms with E-state index in [0.717, 1.165) is 25.9 Å². The summed E-state index contributed by atoms with van der Waals surface area (Å²) in [5.41, 5.74) is 0.509. The summed E-state index contributed by atoms with van der Waals surface area (Å²) in [4.78, 5) is 12.4. The SMILES string of the molecule is COc1cc(C(=O)N[C@@H]2CCC[NH2+]C2)cc(OC)c1OC. The summed E-state index contributed by atoms with van der Waals surface area (Å²) < 4.78 is 15.8. The minimum atomic E-state index is -0.116. The minimum absolute atomic E-state index is 0.116. The lowest BCUT2D eigenvalue weighted by atomic mass is 10.1. The molecule has 1 saturated heterocycles. The van der Waals surface area contributed by atoms with Crippen LogP contribution in [0.1, 0.15) is 23.2 Å². The van der Waals surface area contributed by atoms with Gasteiger partial charge in [0.05, 0.1) is 40.5 Å². The molecule has 1 heterocycles. The highest BCUT2D eigenvalue weighted by Crippen LogP contribution is 2.38. The maximum atomic E-state index is 12.4. The van der Waals surface area contributed by atoms with Crippen molar-refractivity contribution in [1.29, 1.82) is 0 Å². The number of piperidine rings is 1. The molecule has 6 heteroatoms. The number of rotatable bonds is 5. The van der Waals surface area contributed by atoms with Crippen LogP contribution in [-0.4, -0.2) is 46.4 Å². The Kier molecular flexibility index (Phi) is 5.27. The molecule has 1 aliphatic rings. The molecule has 1 aromatic carbocycles. The summed E-state index contributed by atoms with van der Waals surface area (Å²) in [6.07, 6.45) is 2.15. The van der Waals surface area contributed by atoms with Gasteiger partial charge in [-0.2, -0.15) is 0 Å². The lowest BCUT2D eigenvalue weighted by Crippen LogP contribution is -2.89. The number of ether oxygens (including phenoxy) is 3. The molecule has 3 N–H and O–H groups in total. The zero-order valence-electron chi connectivity index (χ0n) is 12.8. The number of hydrogen-bond donors (Lipinski definition) is 2. The summed E-state index contributed by atoms with van der Waals surface area (Å²) in [6, 6.07) is 3.55. The Morgan fingerprint density at radius 3 is 2.33 bits per heavy atom. The van der Waals surface area contributed by atoms with Crippen LogP contribution in [0.5, 0.6) is 17.2 Å². The van der Waals surface area contributed by atoms with E-state index in [-0.39, 0.29) is 11.9 Å². The number of carbonyl (C=O) groups is 1. The molecule has 1 amide bonds. The van der Waals surface area contributed by atoms with Gasteiger partial charge in [-0.1, -0.05) is 0 Å². The van der Waals surface area contributed by atoms with Crippen molar-refractivity contribution in [2.75, 3.05) is 34.4 Å². The van der Waals surface area contributed by atoms with Gasteiger partial charge < -0.3 is 24.8 Å². The van der Waals surface area contributed by atoms with Gasteiger partial charge in [0.25, 0.3) is 5.91 Å². The molecule has 0 aromatic heterocycles. The number of benzene rings is 1.